The van der Waals surface area contributed by atoms with E-state index in [2.05, 4.69) is 23.1 Å². The van der Waals surface area contributed by atoms with Crippen LogP contribution in [0.2, 0.25) is 0 Å². The first kappa shape index (κ1) is 23.6. The van der Waals surface area contributed by atoms with Gasteiger partial charge in [-0.25, -0.2) is 4.39 Å². The maximum atomic E-state index is 15.5. The van der Waals surface area contributed by atoms with Crippen molar-refractivity contribution < 1.29 is 13.9 Å². The molecular formula is C28H36FN3O2. The topological polar surface area (TPSA) is 77.1 Å². The Bertz CT molecular complexity index is 938. The molecule has 0 aromatic rings. The highest BCUT2D eigenvalue weighted by atomic mass is 19.1. The Kier molecular flexibility index (Phi) is 6.56. The fourth-order valence-electron chi connectivity index (χ4n) is 7.72. The lowest BCUT2D eigenvalue weighted by molar-refractivity contribution is -0.131. The van der Waals surface area contributed by atoms with Crippen LogP contribution in [0.25, 0.3) is 0 Å². The van der Waals surface area contributed by atoms with Gasteiger partial charge in [-0.2, -0.15) is 10.5 Å². The van der Waals surface area contributed by atoms with E-state index in [9.17, 15) is 15.3 Å². The van der Waals surface area contributed by atoms with E-state index in [1.807, 2.05) is 6.08 Å². The number of rotatable bonds is 4. The minimum atomic E-state index is -1.41. The number of hydrogen-bond acceptors (Lipinski definition) is 5. The third kappa shape index (κ3) is 3.61. The number of allylic oxidation sites excluding steroid dienone is 3. The van der Waals surface area contributed by atoms with Crippen molar-refractivity contribution in [1.29, 1.82) is 10.5 Å². The Morgan fingerprint density at radius 1 is 1.06 bits per heavy atom. The van der Waals surface area contributed by atoms with Crippen LogP contribution in [0.5, 0.6) is 0 Å². The van der Waals surface area contributed by atoms with E-state index < -0.39 is 35.5 Å². The predicted molar refractivity (Wildman–Crippen MR) is 126 cm³/mol. The summed E-state index contributed by atoms with van der Waals surface area (Å²) < 4.78 is 21.0. The normalized spacial score (nSPS) is 39.1. The van der Waals surface area contributed by atoms with Crippen molar-refractivity contribution in [2.45, 2.75) is 101 Å². The number of halogens is 1. The Morgan fingerprint density at radius 3 is 2.44 bits per heavy atom. The smallest absolute Gasteiger partial charge is 0.173 e. The number of nitriles is 2. The van der Waals surface area contributed by atoms with E-state index in [1.165, 1.54) is 5.57 Å². The average molecular weight is 466 g/mol. The van der Waals surface area contributed by atoms with Gasteiger partial charge in [0.2, 0.25) is 0 Å². The molecule has 2 unspecified atom stereocenters. The molecule has 3 fully saturated rings. The molecule has 6 heteroatoms. The van der Waals surface area contributed by atoms with E-state index in [1.54, 1.807) is 7.11 Å². The standard InChI is InChI=1S/C28H36FN3O2/c1-34-20-13-10-19(11-14-20)27(33)26-25(21-7-3-4-8-22(21)29)28(16-30,17-31)24-15-12-18-6-2-5-9-23(18)32(24)26/h12,15,19-22,24-26H,2-11,13-14H2,1H3/t19?,20?,21?,22?,24-,25-,26+/m1/s1. The quantitative estimate of drug-likeness (QED) is 0.556. The van der Waals surface area contributed by atoms with Crippen LogP contribution in [0, 0.1) is 45.8 Å². The number of nitrogens with zero attached hydrogens (tertiary/aromatic N) is 3. The predicted octanol–water partition coefficient (Wildman–Crippen LogP) is 5.39. The van der Waals surface area contributed by atoms with Crippen LogP contribution in [0.15, 0.2) is 23.4 Å². The lowest BCUT2D eigenvalue weighted by Crippen LogP contribution is -2.49. The van der Waals surface area contributed by atoms with Gasteiger partial charge in [-0.15, -0.1) is 0 Å². The maximum Gasteiger partial charge on any atom is 0.173 e. The number of ketones is 1. The molecule has 0 bridgehead atoms. The number of hydrogen-bond donors (Lipinski definition) is 0. The van der Waals surface area contributed by atoms with E-state index in [4.69, 9.17) is 4.74 Å². The minimum Gasteiger partial charge on any atom is -0.381 e. The maximum absolute atomic E-state index is 15.5. The molecule has 5 aliphatic rings. The van der Waals surface area contributed by atoms with Crippen LogP contribution in [-0.2, 0) is 9.53 Å². The first-order chi connectivity index (χ1) is 16.6. The zero-order valence-corrected chi connectivity index (χ0v) is 20.2. The molecular weight excluding hydrogens is 429 g/mol. The first-order valence-corrected chi connectivity index (χ1v) is 13.3. The van der Waals surface area contributed by atoms with Gasteiger partial charge in [0, 0.05) is 24.6 Å². The Labute approximate surface area is 202 Å². The molecule has 3 aliphatic carbocycles. The molecule has 34 heavy (non-hydrogen) atoms. The summed E-state index contributed by atoms with van der Waals surface area (Å²) in [6.07, 6.45) is 13.2. The molecule has 2 heterocycles. The van der Waals surface area contributed by atoms with Crippen LogP contribution < -0.4 is 0 Å². The van der Waals surface area contributed by atoms with Crippen LogP contribution in [0.4, 0.5) is 4.39 Å². The van der Waals surface area contributed by atoms with Crippen molar-refractivity contribution in [2.75, 3.05) is 7.11 Å². The van der Waals surface area contributed by atoms with Gasteiger partial charge in [0.25, 0.3) is 0 Å². The molecule has 5 rings (SSSR count). The number of carbonyl (C=O) groups is 1. The van der Waals surface area contributed by atoms with Crippen molar-refractivity contribution in [3.63, 3.8) is 0 Å². The van der Waals surface area contributed by atoms with E-state index >= 15 is 4.39 Å². The van der Waals surface area contributed by atoms with Crippen LogP contribution in [0.1, 0.15) is 77.0 Å². The fourth-order valence-corrected chi connectivity index (χ4v) is 7.72. The monoisotopic (exact) mass is 465 g/mol. The molecule has 2 aliphatic heterocycles. The fraction of sp³-hybridized carbons (Fsp3) is 0.750. The second-order valence-electron chi connectivity index (χ2n) is 11.0. The summed E-state index contributed by atoms with van der Waals surface area (Å²) in [6.45, 7) is 0. The minimum absolute atomic E-state index is 0.118. The van der Waals surface area contributed by atoms with Crippen LogP contribution >= 0.6 is 0 Å². The Hall–Kier alpha value is -2.18. The molecule has 1 saturated heterocycles. The van der Waals surface area contributed by atoms with Crippen molar-refractivity contribution in [3.05, 3.63) is 23.4 Å². The molecule has 0 amide bonds. The first-order valence-electron chi connectivity index (χ1n) is 13.3. The highest BCUT2D eigenvalue weighted by Gasteiger charge is 2.66. The molecule has 2 saturated carbocycles. The van der Waals surface area contributed by atoms with Gasteiger partial charge in [-0.05, 0) is 75.7 Å². The number of ether oxygens (including phenoxy) is 1. The molecule has 0 aromatic heterocycles. The number of fused-ring (bicyclic) bond motifs is 2. The third-order valence-electron chi connectivity index (χ3n) is 9.47. The molecule has 0 N–H and O–H groups in total. The van der Waals surface area contributed by atoms with Crippen LogP contribution in [-0.4, -0.2) is 42.2 Å². The number of carbonyl (C=O) groups excluding carboxylic acids is 1. The summed E-state index contributed by atoms with van der Waals surface area (Å²) >= 11 is 0. The van der Waals surface area contributed by atoms with Crippen molar-refractivity contribution >= 4 is 5.78 Å². The van der Waals surface area contributed by atoms with Crippen molar-refractivity contribution in [3.8, 4) is 12.1 Å². The van der Waals surface area contributed by atoms with Gasteiger partial charge < -0.3 is 9.64 Å². The second-order valence-corrected chi connectivity index (χ2v) is 11.0. The summed E-state index contributed by atoms with van der Waals surface area (Å²) in [5, 5.41) is 21.0. The zero-order chi connectivity index (χ0) is 23.9. The van der Waals surface area contributed by atoms with Crippen LogP contribution in [0.3, 0.4) is 0 Å². The molecule has 5 atom stereocenters. The summed E-state index contributed by atoms with van der Waals surface area (Å²) in [5.74, 6) is -1.02. The molecule has 5 nitrogen and oxygen atoms in total. The Morgan fingerprint density at radius 2 is 1.76 bits per heavy atom. The summed E-state index contributed by atoms with van der Waals surface area (Å²) in [5.41, 5.74) is 0.948. The summed E-state index contributed by atoms with van der Waals surface area (Å²) in [4.78, 5) is 16.5. The molecule has 0 radical (unpaired) electrons. The van der Waals surface area contributed by atoms with Gasteiger partial charge in [-0.1, -0.05) is 25.0 Å². The molecule has 0 spiro atoms. The van der Waals surface area contributed by atoms with Gasteiger partial charge >= 0.3 is 0 Å². The number of methoxy groups -OCH3 is 1. The second kappa shape index (κ2) is 9.46. The average Bonchev–Trinajstić information content (AvgIpc) is 3.19. The van der Waals surface area contributed by atoms with Gasteiger partial charge in [0.1, 0.15) is 6.17 Å². The highest BCUT2D eigenvalue weighted by molar-refractivity contribution is 5.88. The SMILES string of the molecule is COC1CCC(C(=O)[C@@H]2[C@@H](C3CCCCC3F)C(C#N)(C#N)[C@H]3C=CC4=C(CCCC4)N23)CC1. The lowest BCUT2D eigenvalue weighted by atomic mass is 9.62. The van der Waals surface area contributed by atoms with Crippen molar-refractivity contribution in [1.82, 2.24) is 4.90 Å². The van der Waals surface area contributed by atoms with Crippen molar-refractivity contribution in [2.24, 2.45) is 23.2 Å². The van der Waals surface area contributed by atoms with E-state index in [0.29, 0.717) is 12.8 Å². The summed E-state index contributed by atoms with van der Waals surface area (Å²) in [6, 6.07) is 3.68. The van der Waals surface area contributed by atoms with E-state index in [0.717, 1.165) is 69.9 Å². The van der Waals surface area contributed by atoms with Gasteiger partial charge in [-0.3, -0.25) is 4.79 Å². The summed E-state index contributed by atoms with van der Waals surface area (Å²) in [7, 11) is 1.72. The molecule has 0 aromatic carbocycles. The van der Waals surface area contributed by atoms with E-state index in [-0.39, 0.29) is 17.8 Å². The highest BCUT2D eigenvalue weighted by Crippen LogP contribution is 2.57. The largest absolute Gasteiger partial charge is 0.381 e. The number of Topliss-reactive ketones (excluding diaryl/α,β-unsaturated/α-hetero) is 1. The number of alkyl halides is 1. The Balaban J connectivity index is 1.60. The zero-order valence-electron chi connectivity index (χ0n) is 20.2. The third-order valence-corrected chi connectivity index (χ3v) is 9.47. The molecule has 182 valence electrons. The lowest BCUT2D eigenvalue weighted by Gasteiger charge is -2.42. The van der Waals surface area contributed by atoms with Gasteiger partial charge in [0.15, 0.2) is 11.2 Å². The van der Waals surface area contributed by atoms with Gasteiger partial charge in [0.05, 0.1) is 30.3 Å².